The average molecular weight is 539 g/mol. The molecule has 38 heavy (non-hydrogen) atoms. The molecule has 5 nitrogen and oxygen atoms in total. The molecule has 0 spiro atoms. The van der Waals surface area contributed by atoms with E-state index in [4.69, 9.17) is 0 Å². The highest BCUT2D eigenvalue weighted by molar-refractivity contribution is 6.02. The van der Waals surface area contributed by atoms with E-state index in [0.29, 0.717) is 11.1 Å². The number of carbonyl (C=O) groups excluding carboxylic acids is 2. The van der Waals surface area contributed by atoms with Crippen molar-refractivity contribution in [2.24, 2.45) is 5.10 Å². The number of alkyl halides is 7. The number of amides is 2. The molecule has 0 fully saturated rings. The predicted molar refractivity (Wildman–Crippen MR) is 126 cm³/mol. The van der Waals surface area contributed by atoms with Gasteiger partial charge in [0.05, 0.1) is 11.6 Å². The molecule has 0 bridgehead atoms. The Labute approximate surface area is 212 Å². The summed E-state index contributed by atoms with van der Waals surface area (Å²) in [6, 6.07) is 22.3. The van der Waals surface area contributed by atoms with Gasteiger partial charge < -0.3 is 5.32 Å². The van der Waals surface area contributed by atoms with E-state index in [2.05, 4.69) is 10.5 Å². The van der Waals surface area contributed by atoms with Gasteiger partial charge >= 0.3 is 23.9 Å². The van der Waals surface area contributed by atoms with Crippen molar-refractivity contribution in [3.63, 3.8) is 0 Å². The van der Waals surface area contributed by atoms with Crippen LogP contribution in [0.5, 0.6) is 0 Å². The molecule has 2 amide bonds. The molecular weight excluding hydrogens is 519 g/mol. The van der Waals surface area contributed by atoms with Crippen molar-refractivity contribution in [1.29, 1.82) is 0 Å². The molecule has 0 aliphatic rings. The van der Waals surface area contributed by atoms with Crippen LogP contribution in [0.4, 0.5) is 36.4 Å². The Morgan fingerprint density at radius 2 is 1.29 bits per heavy atom. The first-order valence-corrected chi connectivity index (χ1v) is 10.9. The molecule has 12 heteroatoms. The second-order valence-corrected chi connectivity index (χ2v) is 8.11. The van der Waals surface area contributed by atoms with Crippen molar-refractivity contribution in [2.75, 3.05) is 5.32 Å². The first kappa shape index (κ1) is 28.4. The largest absolute Gasteiger partial charge is 0.460 e. The summed E-state index contributed by atoms with van der Waals surface area (Å²) in [5, 5.41) is 5.36. The second kappa shape index (κ2) is 11.0. The van der Waals surface area contributed by atoms with Crippen molar-refractivity contribution >= 4 is 23.2 Å². The van der Waals surface area contributed by atoms with Gasteiger partial charge in [-0.05, 0) is 35.7 Å². The van der Waals surface area contributed by atoms with Gasteiger partial charge in [0, 0.05) is 5.69 Å². The number of halogens is 7. The third-order valence-corrected chi connectivity index (χ3v) is 5.44. The van der Waals surface area contributed by atoms with Crippen LogP contribution in [-0.2, 0) is 9.59 Å². The van der Waals surface area contributed by atoms with Crippen LogP contribution in [0.2, 0.25) is 0 Å². The van der Waals surface area contributed by atoms with Crippen LogP contribution in [-0.4, -0.2) is 35.5 Å². The highest BCUT2D eigenvalue weighted by Gasteiger charge is 2.76. The van der Waals surface area contributed by atoms with Crippen LogP contribution in [0.1, 0.15) is 29.5 Å². The molecule has 0 aliphatic heterocycles. The third kappa shape index (κ3) is 6.01. The number of hydrazone groups is 1. The molecule has 0 unspecified atom stereocenters. The Morgan fingerprint density at radius 1 is 0.763 bits per heavy atom. The Morgan fingerprint density at radius 3 is 1.79 bits per heavy atom. The minimum atomic E-state index is -6.64. The van der Waals surface area contributed by atoms with Gasteiger partial charge in [-0.1, -0.05) is 72.8 Å². The SMILES string of the molecule is CC(=NNC(=O)C(c1ccccc1)c1ccccc1)c1cccc(NC(=O)C(F)(F)C(F)(F)C(F)(F)F)c1. The van der Waals surface area contributed by atoms with Crippen molar-refractivity contribution in [1.82, 2.24) is 5.43 Å². The van der Waals surface area contributed by atoms with Gasteiger partial charge in [0.15, 0.2) is 0 Å². The molecule has 0 radical (unpaired) electrons. The molecular formula is C26H20F7N3O2. The zero-order valence-corrected chi connectivity index (χ0v) is 19.6. The minimum Gasteiger partial charge on any atom is -0.321 e. The van der Waals surface area contributed by atoms with E-state index in [1.54, 1.807) is 60.7 Å². The maximum Gasteiger partial charge on any atom is 0.460 e. The minimum absolute atomic E-state index is 0.127. The lowest BCUT2D eigenvalue weighted by atomic mass is 9.91. The number of hydrogen-bond acceptors (Lipinski definition) is 3. The number of anilines is 1. The van der Waals surface area contributed by atoms with Gasteiger partial charge in [0.25, 0.3) is 5.91 Å². The van der Waals surface area contributed by atoms with E-state index < -0.39 is 41.4 Å². The topological polar surface area (TPSA) is 70.6 Å². The Balaban J connectivity index is 1.79. The molecule has 3 rings (SSSR count). The van der Waals surface area contributed by atoms with Gasteiger partial charge in [-0.3, -0.25) is 9.59 Å². The normalized spacial score (nSPS) is 12.8. The quantitative estimate of drug-likeness (QED) is 0.205. The van der Waals surface area contributed by atoms with Gasteiger partial charge in [0.2, 0.25) is 0 Å². The third-order valence-electron chi connectivity index (χ3n) is 5.44. The molecule has 0 aromatic heterocycles. The smallest absolute Gasteiger partial charge is 0.321 e. The summed E-state index contributed by atoms with van der Waals surface area (Å²) in [6.45, 7) is 1.42. The summed E-state index contributed by atoms with van der Waals surface area (Å²) in [4.78, 5) is 24.7. The number of nitrogens with one attached hydrogen (secondary N) is 2. The number of benzene rings is 3. The first-order chi connectivity index (χ1) is 17.8. The highest BCUT2D eigenvalue weighted by Crippen LogP contribution is 2.46. The molecule has 0 saturated carbocycles. The lowest BCUT2D eigenvalue weighted by Gasteiger charge is -2.27. The van der Waals surface area contributed by atoms with Crippen LogP contribution in [0.25, 0.3) is 0 Å². The summed E-state index contributed by atoms with van der Waals surface area (Å²) in [6.07, 6.45) is -6.64. The second-order valence-electron chi connectivity index (χ2n) is 8.11. The molecule has 3 aromatic carbocycles. The molecule has 0 heterocycles. The molecule has 0 atom stereocenters. The standard InChI is InChI=1S/C26H20F7N3O2/c1-16(35-36-22(37)21(17-9-4-2-5-10-17)18-11-6-3-7-12-18)19-13-8-14-20(15-19)34-23(38)24(27,28)25(29,30)26(31,32)33/h2-15,21H,1H3,(H,34,38)(H,36,37). The van der Waals surface area contributed by atoms with Crippen molar-refractivity contribution in [3.8, 4) is 0 Å². The van der Waals surface area contributed by atoms with Gasteiger partial charge in [0.1, 0.15) is 0 Å². The molecule has 200 valence electrons. The number of nitrogens with zero attached hydrogens (tertiary/aromatic N) is 1. The van der Waals surface area contributed by atoms with E-state index in [-0.39, 0.29) is 11.3 Å². The van der Waals surface area contributed by atoms with E-state index >= 15 is 0 Å². The van der Waals surface area contributed by atoms with Crippen molar-refractivity contribution < 1.29 is 40.3 Å². The van der Waals surface area contributed by atoms with E-state index in [0.717, 1.165) is 12.1 Å². The first-order valence-electron chi connectivity index (χ1n) is 10.9. The molecule has 3 aromatic rings. The van der Waals surface area contributed by atoms with E-state index in [1.807, 2.05) is 0 Å². The lowest BCUT2D eigenvalue weighted by Crippen LogP contribution is -2.57. The van der Waals surface area contributed by atoms with Crippen molar-refractivity contribution in [3.05, 3.63) is 102 Å². The molecule has 0 aliphatic carbocycles. The van der Waals surface area contributed by atoms with Crippen LogP contribution in [0, 0.1) is 0 Å². The summed E-state index contributed by atoms with van der Waals surface area (Å²) in [5.41, 5.74) is 3.58. The van der Waals surface area contributed by atoms with Gasteiger partial charge in [-0.15, -0.1) is 0 Å². The van der Waals surface area contributed by atoms with Gasteiger partial charge in [-0.25, -0.2) is 5.43 Å². The number of hydrogen-bond donors (Lipinski definition) is 2. The van der Waals surface area contributed by atoms with Crippen LogP contribution >= 0.6 is 0 Å². The maximum atomic E-state index is 13.6. The fourth-order valence-electron chi connectivity index (χ4n) is 3.41. The average Bonchev–Trinajstić information content (AvgIpc) is 2.88. The van der Waals surface area contributed by atoms with Crippen molar-refractivity contribution in [2.45, 2.75) is 30.9 Å². The summed E-state index contributed by atoms with van der Waals surface area (Å²) < 4.78 is 90.7. The molecule has 2 N–H and O–H groups in total. The number of carbonyl (C=O) groups is 2. The summed E-state index contributed by atoms with van der Waals surface area (Å²) in [5.74, 6) is -16.7. The zero-order chi connectivity index (χ0) is 28.1. The summed E-state index contributed by atoms with van der Waals surface area (Å²) >= 11 is 0. The Kier molecular flexibility index (Phi) is 8.23. The highest BCUT2D eigenvalue weighted by atomic mass is 19.4. The lowest BCUT2D eigenvalue weighted by molar-refractivity contribution is -0.343. The maximum absolute atomic E-state index is 13.6. The fraction of sp³-hybridized carbons (Fsp3) is 0.192. The fourth-order valence-corrected chi connectivity index (χ4v) is 3.41. The van der Waals surface area contributed by atoms with Crippen LogP contribution in [0.15, 0.2) is 90.0 Å². The predicted octanol–water partition coefficient (Wildman–Crippen LogP) is 6.13. The Hall–Kier alpha value is -4.22. The van der Waals surface area contributed by atoms with E-state index in [9.17, 15) is 40.3 Å². The van der Waals surface area contributed by atoms with Gasteiger partial charge in [-0.2, -0.15) is 35.8 Å². The molecule has 0 saturated heterocycles. The van der Waals surface area contributed by atoms with Crippen LogP contribution in [0.3, 0.4) is 0 Å². The number of rotatable bonds is 8. The monoisotopic (exact) mass is 539 g/mol. The zero-order valence-electron chi connectivity index (χ0n) is 19.6. The Bertz CT molecular complexity index is 1270. The van der Waals surface area contributed by atoms with Crippen LogP contribution < -0.4 is 10.7 Å². The summed E-state index contributed by atoms with van der Waals surface area (Å²) in [7, 11) is 0. The van der Waals surface area contributed by atoms with E-state index in [1.165, 1.54) is 24.4 Å².